The van der Waals surface area contributed by atoms with Crippen LogP contribution in [0.2, 0.25) is 0 Å². The van der Waals surface area contributed by atoms with Crippen molar-refractivity contribution in [2.75, 3.05) is 5.32 Å². The third kappa shape index (κ3) is 2.91. The van der Waals surface area contributed by atoms with Crippen molar-refractivity contribution in [1.82, 2.24) is 4.98 Å². The van der Waals surface area contributed by atoms with Crippen molar-refractivity contribution in [2.24, 2.45) is 11.5 Å². The molecule has 1 aromatic heterocycles. The van der Waals surface area contributed by atoms with E-state index in [1.807, 2.05) is 0 Å². The Morgan fingerprint density at radius 2 is 1.67 bits per heavy atom. The number of carbonyl (C=O) groups excluding carboxylic acids is 1. The van der Waals surface area contributed by atoms with E-state index in [2.05, 4.69) is 10.3 Å². The second-order valence-electron chi connectivity index (χ2n) is 3.84. The van der Waals surface area contributed by atoms with Crippen LogP contribution in [0.25, 0.3) is 0 Å². The number of carbonyl (C=O) groups is 1. The first-order valence-corrected chi connectivity index (χ1v) is 5.49. The lowest BCUT2D eigenvalue weighted by atomic mass is 10.1. The zero-order valence-corrected chi connectivity index (χ0v) is 9.71. The van der Waals surface area contributed by atoms with E-state index < -0.39 is 6.17 Å². The number of nitrogens with one attached hydrogen (secondary N) is 1. The largest absolute Gasteiger partial charge is 0.322 e. The fourth-order valence-corrected chi connectivity index (χ4v) is 1.50. The minimum absolute atomic E-state index is 0.182. The first-order valence-electron chi connectivity index (χ1n) is 5.49. The topological polar surface area (TPSA) is 94.0 Å². The highest BCUT2D eigenvalue weighted by Crippen LogP contribution is 2.10. The van der Waals surface area contributed by atoms with E-state index in [0.717, 1.165) is 5.56 Å². The van der Waals surface area contributed by atoms with Crippen molar-refractivity contribution in [3.63, 3.8) is 0 Å². The Bertz CT molecular complexity index is 522. The second kappa shape index (κ2) is 5.39. The summed E-state index contributed by atoms with van der Waals surface area (Å²) in [5.41, 5.74) is 13.1. The molecule has 0 saturated carbocycles. The molecule has 5 nitrogen and oxygen atoms in total. The highest BCUT2D eigenvalue weighted by molar-refractivity contribution is 6.04. The Morgan fingerprint density at radius 3 is 2.22 bits per heavy atom. The Hall–Kier alpha value is -2.24. The number of benzene rings is 1. The van der Waals surface area contributed by atoms with Gasteiger partial charge in [-0.25, -0.2) is 0 Å². The molecule has 1 heterocycles. The molecule has 0 unspecified atom stereocenters. The first-order chi connectivity index (χ1) is 8.66. The van der Waals surface area contributed by atoms with E-state index >= 15 is 0 Å². The summed E-state index contributed by atoms with van der Waals surface area (Å²) < 4.78 is 0. The third-order valence-electron chi connectivity index (χ3n) is 2.50. The van der Waals surface area contributed by atoms with Crippen LogP contribution in [0, 0.1) is 0 Å². The molecule has 2 aromatic rings. The maximum absolute atomic E-state index is 11.9. The molecule has 0 spiro atoms. The average Bonchev–Trinajstić information content (AvgIpc) is 2.40. The van der Waals surface area contributed by atoms with Gasteiger partial charge in [-0.3, -0.25) is 9.78 Å². The van der Waals surface area contributed by atoms with Crippen LogP contribution in [-0.4, -0.2) is 10.9 Å². The molecule has 2 rings (SSSR count). The van der Waals surface area contributed by atoms with Gasteiger partial charge in [-0.1, -0.05) is 12.1 Å². The molecule has 0 bridgehead atoms. The van der Waals surface area contributed by atoms with E-state index in [0.29, 0.717) is 11.3 Å². The molecule has 0 fully saturated rings. The van der Waals surface area contributed by atoms with Gasteiger partial charge in [0.15, 0.2) is 0 Å². The normalized spacial score (nSPS) is 10.4. The lowest BCUT2D eigenvalue weighted by Gasteiger charge is -2.07. The number of amides is 1. The maximum atomic E-state index is 11.9. The van der Waals surface area contributed by atoms with Crippen molar-refractivity contribution >= 4 is 11.6 Å². The van der Waals surface area contributed by atoms with Gasteiger partial charge in [-0.05, 0) is 29.8 Å². The SMILES string of the molecule is NC(N)c1ccc(C(=O)Nc2ccncc2)cc1. The van der Waals surface area contributed by atoms with Crippen LogP contribution in [-0.2, 0) is 0 Å². The van der Waals surface area contributed by atoms with Crippen LogP contribution in [0.3, 0.4) is 0 Å². The molecule has 0 aliphatic heterocycles. The van der Waals surface area contributed by atoms with Gasteiger partial charge in [0.1, 0.15) is 0 Å². The summed E-state index contributed by atoms with van der Waals surface area (Å²) in [6.45, 7) is 0. The van der Waals surface area contributed by atoms with Gasteiger partial charge in [0.05, 0.1) is 6.17 Å². The molecule has 0 aliphatic carbocycles. The highest BCUT2D eigenvalue weighted by atomic mass is 16.1. The monoisotopic (exact) mass is 242 g/mol. The van der Waals surface area contributed by atoms with E-state index in [1.54, 1.807) is 48.8 Å². The van der Waals surface area contributed by atoms with Gasteiger partial charge in [0.25, 0.3) is 5.91 Å². The fraction of sp³-hybridized carbons (Fsp3) is 0.0769. The molecule has 0 saturated heterocycles. The second-order valence-corrected chi connectivity index (χ2v) is 3.84. The average molecular weight is 242 g/mol. The zero-order valence-electron chi connectivity index (χ0n) is 9.71. The predicted molar refractivity (Wildman–Crippen MR) is 69.7 cm³/mol. The summed E-state index contributed by atoms with van der Waals surface area (Å²) in [5.74, 6) is -0.182. The van der Waals surface area contributed by atoms with Gasteiger partial charge in [-0.2, -0.15) is 0 Å². The molecule has 18 heavy (non-hydrogen) atoms. The van der Waals surface area contributed by atoms with Crippen molar-refractivity contribution in [3.05, 3.63) is 59.9 Å². The summed E-state index contributed by atoms with van der Waals surface area (Å²) in [6, 6.07) is 10.3. The number of rotatable bonds is 3. The number of hydrogen-bond acceptors (Lipinski definition) is 4. The molecule has 0 aliphatic rings. The van der Waals surface area contributed by atoms with Crippen molar-refractivity contribution in [3.8, 4) is 0 Å². The molecule has 1 amide bonds. The molecular weight excluding hydrogens is 228 g/mol. The van der Waals surface area contributed by atoms with E-state index in [9.17, 15) is 4.79 Å². The summed E-state index contributed by atoms with van der Waals surface area (Å²) in [6.07, 6.45) is 2.71. The summed E-state index contributed by atoms with van der Waals surface area (Å²) >= 11 is 0. The number of pyridine rings is 1. The Kier molecular flexibility index (Phi) is 3.66. The number of aromatic nitrogens is 1. The quantitative estimate of drug-likeness (QED) is 0.706. The number of nitrogens with two attached hydrogens (primary N) is 2. The molecular formula is C13H14N4O. The fourth-order valence-electron chi connectivity index (χ4n) is 1.50. The number of nitrogens with zero attached hydrogens (tertiary/aromatic N) is 1. The smallest absolute Gasteiger partial charge is 0.255 e. The van der Waals surface area contributed by atoms with Gasteiger partial charge in [0, 0.05) is 23.6 Å². The minimum Gasteiger partial charge on any atom is -0.322 e. The minimum atomic E-state index is -0.526. The summed E-state index contributed by atoms with van der Waals surface area (Å²) in [4.78, 5) is 15.8. The number of anilines is 1. The van der Waals surface area contributed by atoms with Crippen molar-refractivity contribution in [1.29, 1.82) is 0 Å². The Labute approximate surface area is 105 Å². The van der Waals surface area contributed by atoms with Gasteiger partial charge in [-0.15, -0.1) is 0 Å². The number of hydrogen-bond donors (Lipinski definition) is 3. The van der Waals surface area contributed by atoms with E-state index in [4.69, 9.17) is 11.5 Å². The molecule has 5 heteroatoms. The van der Waals surface area contributed by atoms with Crippen molar-refractivity contribution in [2.45, 2.75) is 6.17 Å². The first kappa shape index (κ1) is 12.2. The third-order valence-corrected chi connectivity index (χ3v) is 2.50. The van der Waals surface area contributed by atoms with Gasteiger partial charge in [0.2, 0.25) is 0 Å². The molecule has 1 aromatic carbocycles. The highest BCUT2D eigenvalue weighted by Gasteiger charge is 2.06. The molecule has 0 radical (unpaired) electrons. The van der Waals surface area contributed by atoms with Crippen LogP contribution >= 0.6 is 0 Å². The standard InChI is InChI=1S/C13H14N4O/c14-12(15)9-1-3-10(4-2-9)13(18)17-11-5-7-16-8-6-11/h1-8,12H,14-15H2,(H,16,17,18). The lowest BCUT2D eigenvalue weighted by molar-refractivity contribution is 0.102. The van der Waals surface area contributed by atoms with Crippen LogP contribution in [0.5, 0.6) is 0 Å². The molecule has 5 N–H and O–H groups in total. The maximum Gasteiger partial charge on any atom is 0.255 e. The Balaban J connectivity index is 2.10. The summed E-state index contributed by atoms with van der Waals surface area (Å²) in [7, 11) is 0. The zero-order chi connectivity index (χ0) is 13.0. The van der Waals surface area contributed by atoms with Crippen molar-refractivity contribution < 1.29 is 4.79 Å². The Morgan fingerprint density at radius 1 is 1.06 bits per heavy atom. The van der Waals surface area contributed by atoms with Crippen LogP contribution in [0.15, 0.2) is 48.8 Å². The van der Waals surface area contributed by atoms with Gasteiger partial charge >= 0.3 is 0 Å². The van der Waals surface area contributed by atoms with Crippen LogP contribution in [0.1, 0.15) is 22.1 Å². The van der Waals surface area contributed by atoms with E-state index in [-0.39, 0.29) is 5.91 Å². The molecule has 0 atom stereocenters. The van der Waals surface area contributed by atoms with Crippen LogP contribution < -0.4 is 16.8 Å². The van der Waals surface area contributed by atoms with E-state index in [1.165, 1.54) is 0 Å². The van der Waals surface area contributed by atoms with Crippen LogP contribution in [0.4, 0.5) is 5.69 Å². The predicted octanol–water partition coefficient (Wildman–Crippen LogP) is 1.25. The lowest BCUT2D eigenvalue weighted by Crippen LogP contribution is -2.20. The summed E-state index contributed by atoms with van der Waals surface area (Å²) in [5, 5.41) is 2.77. The van der Waals surface area contributed by atoms with Gasteiger partial charge < -0.3 is 16.8 Å². The molecule has 92 valence electrons.